The van der Waals surface area contributed by atoms with Gasteiger partial charge in [0.15, 0.2) is 0 Å². The molecule has 2 aromatic rings. The van der Waals surface area contributed by atoms with Crippen molar-refractivity contribution in [3.05, 3.63) is 51.7 Å². The third-order valence-electron chi connectivity index (χ3n) is 3.97. The fourth-order valence-corrected chi connectivity index (χ4v) is 3.37. The van der Waals surface area contributed by atoms with Gasteiger partial charge in [-0.3, -0.25) is 9.69 Å². The molecule has 0 aliphatic carbocycles. The molecular formula is C19H26N2OS. The van der Waals surface area contributed by atoms with Gasteiger partial charge in [-0.25, -0.2) is 0 Å². The van der Waals surface area contributed by atoms with Gasteiger partial charge in [0.25, 0.3) is 0 Å². The molecule has 3 nitrogen and oxygen atoms in total. The van der Waals surface area contributed by atoms with Crippen LogP contribution in [0.2, 0.25) is 0 Å². The molecule has 0 fully saturated rings. The lowest BCUT2D eigenvalue weighted by atomic mass is 9.98. The first-order chi connectivity index (χ1) is 11.0. The summed E-state index contributed by atoms with van der Waals surface area (Å²) in [6.07, 6.45) is 0. The number of nitrogens with one attached hydrogen (secondary N) is 1. The maximum atomic E-state index is 12.5. The molecule has 1 aromatic heterocycles. The van der Waals surface area contributed by atoms with Crippen LogP contribution in [0.1, 0.15) is 42.7 Å². The minimum Gasteiger partial charge on any atom is -0.324 e. The van der Waals surface area contributed by atoms with Crippen molar-refractivity contribution >= 4 is 22.9 Å². The number of carbonyl (C=O) groups is 1. The van der Waals surface area contributed by atoms with E-state index in [2.05, 4.69) is 60.6 Å². The van der Waals surface area contributed by atoms with Crippen molar-refractivity contribution in [1.82, 2.24) is 4.90 Å². The highest BCUT2D eigenvalue weighted by molar-refractivity contribution is 7.09. The average molecular weight is 330 g/mol. The molecule has 124 valence electrons. The van der Waals surface area contributed by atoms with Crippen LogP contribution in [-0.2, 0) is 11.3 Å². The van der Waals surface area contributed by atoms with E-state index in [1.54, 1.807) is 11.3 Å². The van der Waals surface area contributed by atoms with Gasteiger partial charge in [-0.2, -0.15) is 0 Å². The quantitative estimate of drug-likeness (QED) is 0.802. The van der Waals surface area contributed by atoms with Crippen molar-refractivity contribution in [2.75, 3.05) is 18.4 Å². The fraction of sp³-hybridized carbons (Fsp3) is 0.421. The summed E-state index contributed by atoms with van der Waals surface area (Å²) in [7, 11) is 0. The smallest absolute Gasteiger partial charge is 0.238 e. The van der Waals surface area contributed by atoms with Crippen molar-refractivity contribution in [3.63, 3.8) is 0 Å². The van der Waals surface area contributed by atoms with Crippen molar-refractivity contribution in [1.29, 1.82) is 0 Å². The Kier molecular flexibility index (Phi) is 6.37. The second-order valence-corrected chi connectivity index (χ2v) is 7.16. The Balaban J connectivity index is 2.04. The number of rotatable bonds is 7. The van der Waals surface area contributed by atoms with E-state index >= 15 is 0 Å². The highest BCUT2D eigenvalue weighted by Crippen LogP contribution is 2.27. The molecule has 0 spiro atoms. The minimum atomic E-state index is 0.0552. The molecule has 0 bridgehead atoms. The molecule has 0 saturated carbocycles. The number of amides is 1. The summed E-state index contributed by atoms with van der Waals surface area (Å²) in [4.78, 5) is 15.9. The number of hydrogen-bond donors (Lipinski definition) is 1. The Labute approximate surface area is 143 Å². The molecule has 0 aliphatic rings. The number of benzene rings is 1. The minimum absolute atomic E-state index is 0.0552. The Bertz CT molecular complexity index is 635. The third-order valence-corrected chi connectivity index (χ3v) is 4.83. The number of nitrogens with zero attached hydrogens (tertiary/aromatic N) is 1. The largest absolute Gasteiger partial charge is 0.324 e. The number of likely N-dealkylation sites (N-methyl/N-ethyl adjacent to an activating group) is 1. The number of para-hydroxylation sites is 1. The molecule has 0 atom stereocenters. The Morgan fingerprint density at radius 3 is 2.65 bits per heavy atom. The summed E-state index contributed by atoms with van der Waals surface area (Å²) in [6, 6.07) is 10.4. The molecule has 23 heavy (non-hydrogen) atoms. The molecule has 1 aromatic carbocycles. The first-order valence-corrected chi connectivity index (χ1v) is 9.03. The molecule has 0 aliphatic heterocycles. The number of aryl methyl sites for hydroxylation is 1. The predicted molar refractivity (Wildman–Crippen MR) is 99.2 cm³/mol. The van der Waals surface area contributed by atoms with Crippen LogP contribution < -0.4 is 5.32 Å². The van der Waals surface area contributed by atoms with E-state index in [0.29, 0.717) is 12.5 Å². The monoisotopic (exact) mass is 330 g/mol. The van der Waals surface area contributed by atoms with Crippen LogP contribution in [0.15, 0.2) is 35.7 Å². The highest BCUT2D eigenvalue weighted by Gasteiger charge is 2.14. The van der Waals surface area contributed by atoms with E-state index in [1.165, 1.54) is 10.4 Å². The van der Waals surface area contributed by atoms with Gasteiger partial charge in [0.05, 0.1) is 6.54 Å². The molecule has 1 heterocycles. The van der Waals surface area contributed by atoms with Gasteiger partial charge in [0, 0.05) is 17.1 Å². The maximum absolute atomic E-state index is 12.5. The van der Waals surface area contributed by atoms with E-state index in [9.17, 15) is 4.79 Å². The number of thiophene rings is 1. The summed E-state index contributed by atoms with van der Waals surface area (Å²) in [5.74, 6) is 0.443. The zero-order chi connectivity index (χ0) is 16.8. The van der Waals surface area contributed by atoms with Crippen molar-refractivity contribution in [3.8, 4) is 0 Å². The predicted octanol–water partition coefficient (Wildman–Crippen LogP) is 4.64. The van der Waals surface area contributed by atoms with Gasteiger partial charge >= 0.3 is 0 Å². The SMILES string of the molecule is CCN(CC(=O)Nc1c(C)cccc1C(C)C)Cc1cccs1. The lowest BCUT2D eigenvalue weighted by molar-refractivity contribution is -0.117. The number of anilines is 1. The Morgan fingerprint density at radius 2 is 2.04 bits per heavy atom. The van der Waals surface area contributed by atoms with Gasteiger partial charge in [-0.05, 0) is 42.0 Å². The normalized spacial score (nSPS) is 11.2. The van der Waals surface area contributed by atoms with E-state index in [0.717, 1.165) is 24.3 Å². The van der Waals surface area contributed by atoms with Crippen molar-refractivity contribution in [2.24, 2.45) is 0 Å². The average Bonchev–Trinajstić information content (AvgIpc) is 3.01. The lowest BCUT2D eigenvalue weighted by Gasteiger charge is -2.21. The fourth-order valence-electron chi connectivity index (χ4n) is 2.63. The second-order valence-electron chi connectivity index (χ2n) is 6.12. The summed E-state index contributed by atoms with van der Waals surface area (Å²) in [6.45, 7) is 10.5. The summed E-state index contributed by atoms with van der Waals surface area (Å²) in [5, 5.41) is 5.20. The molecule has 0 radical (unpaired) electrons. The van der Waals surface area contributed by atoms with Crippen LogP contribution in [0, 0.1) is 6.92 Å². The number of carbonyl (C=O) groups excluding carboxylic acids is 1. The molecule has 0 saturated heterocycles. The standard InChI is InChI=1S/C19H26N2OS/c1-5-21(12-16-9-7-11-23-16)13-18(22)20-19-15(4)8-6-10-17(19)14(2)3/h6-11,14H,5,12-13H2,1-4H3,(H,20,22). The molecule has 4 heteroatoms. The Hall–Kier alpha value is -1.65. The van der Waals surface area contributed by atoms with E-state index in [4.69, 9.17) is 0 Å². The van der Waals surface area contributed by atoms with E-state index < -0.39 is 0 Å². The number of hydrogen-bond acceptors (Lipinski definition) is 3. The lowest BCUT2D eigenvalue weighted by Crippen LogP contribution is -2.33. The van der Waals surface area contributed by atoms with Gasteiger partial charge in [-0.1, -0.05) is 45.0 Å². The van der Waals surface area contributed by atoms with Crippen LogP contribution in [-0.4, -0.2) is 23.9 Å². The van der Waals surface area contributed by atoms with Crippen LogP contribution in [0.4, 0.5) is 5.69 Å². The topological polar surface area (TPSA) is 32.3 Å². The van der Waals surface area contributed by atoms with Crippen LogP contribution in [0.5, 0.6) is 0 Å². The first kappa shape index (κ1) is 17.7. The maximum Gasteiger partial charge on any atom is 0.238 e. The van der Waals surface area contributed by atoms with E-state index in [1.807, 2.05) is 13.0 Å². The van der Waals surface area contributed by atoms with Gasteiger partial charge in [0.2, 0.25) is 5.91 Å². The van der Waals surface area contributed by atoms with Crippen molar-refractivity contribution < 1.29 is 4.79 Å². The zero-order valence-corrected chi connectivity index (χ0v) is 15.2. The second kappa shape index (κ2) is 8.27. The molecular weight excluding hydrogens is 304 g/mol. The summed E-state index contributed by atoms with van der Waals surface area (Å²) >= 11 is 1.73. The van der Waals surface area contributed by atoms with Gasteiger partial charge < -0.3 is 5.32 Å². The van der Waals surface area contributed by atoms with Gasteiger partial charge in [-0.15, -0.1) is 11.3 Å². The van der Waals surface area contributed by atoms with Crippen LogP contribution >= 0.6 is 11.3 Å². The highest BCUT2D eigenvalue weighted by atomic mass is 32.1. The van der Waals surface area contributed by atoms with Crippen LogP contribution in [0.3, 0.4) is 0 Å². The molecule has 0 unspecified atom stereocenters. The molecule has 1 amide bonds. The van der Waals surface area contributed by atoms with Gasteiger partial charge in [0.1, 0.15) is 0 Å². The molecule has 1 N–H and O–H groups in total. The zero-order valence-electron chi connectivity index (χ0n) is 14.4. The van der Waals surface area contributed by atoms with Crippen LogP contribution in [0.25, 0.3) is 0 Å². The third kappa shape index (κ3) is 4.91. The van der Waals surface area contributed by atoms with Crippen molar-refractivity contribution in [2.45, 2.75) is 40.2 Å². The first-order valence-electron chi connectivity index (χ1n) is 8.15. The summed E-state index contributed by atoms with van der Waals surface area (Å²) in [5.41, 5.74) is 3.28. The summed E-state index contributed by atoms with van der Waals surface area (Å²) < 4.78 is 0. The Morgan fingerprint density at radius 1 is 1.26 bits per heavy atom. The van der Waals surface area contributed by atoms with E-state index in [-0.39, 0.29) is 5.91 Å². The molecule has 2 rings (SSSR count).